The second-order valence-electron chi connectivity index (χ2n) is 4.88. The van der Waals surface area contributed by atoms with Crippen LogP contribution in [0.1, 0.15) is 18.4 Å². The number of benzene rings is 1. The van der Waals surface area contributed by atoms with E-state index < -0.39 is 26.6 Å². The number of aryl methyl sites for hydroxylation is 1. The van der Waals surface area contributed by atoms with Crippen LogP contribution in [0, 0.1) is 12.7 Å². The zero-order chi connectivity index (χ0) is 14.9. The summed E-state index contributed by atoms with van der Waals surface area (Å²) in [6, 6.07) is 2.01. The van der Waals surface area contributed by atoms with Crippen molar-refractivity contribution < 1.29 is 17.0 Å². The Kier molecular flexibility index (Phi) is 4.46. The summed E-state index contributed by atoms with van der Waals surface area (Å²) in [6.45, 7) is 1.52. The van der Waals surface area contributed by atoms with Crippen molar-refractivity contribution in [3.05, 3.63) is 23.5 Å². The van der Waals surface area contributed by atoms with Gasteiger partial charge in [-0.2, -0.15) is 0 Å². The molecular formula is C12H17FN2O3S2. The average molecular weight is 320 g/mol. The van der Waals surface area contributed by atoms with E-state index in [1.54, 1.807) is 0 Å². The molecule has 5 nitrogen and oxygen atoms in total. The molecule has 1 heterocycles. The van der Waals surface area contributed by atoms with Gasteiger partial charge in [-0.1, -0.05) is 0 Å². The van der Waals surface area contributed by atoms with Crippen LogP contribution in [0.25, 0.3) is 0 Å². The minimum Gasteiger partial charge on any atom is -0.396 e. The van der Waals surface area contributed by atoms with Crippen LogP contribution in [-0.2, 0) is 20.8 Å². The van der Waals surface area contributed by atoms with Crippen molar-refractivity contribution in [3.8, 4) is 0 Å². The smallest absolute Gasteiger partial charge is 0.241 e. The molecule has 0 spiro atoms. The van der Waals surface area contributed by atoms with Gasteiger partial charge in [0, 0.05) is 28.3 Å². The Balaban J connectivity index is 2.22. The van der Waals surface area contributed by atoms with E-state index in [9.17, 15) is 17.0 Å². The SMILES string of the molecule is Cc1cc(F)c(N)cc1S(=O)(=O)NC1CCS(=O)CC1. The lowest BCUT2D eigenvalue weighted by Crippen LogP contribution is -2.39. The number of hydrogen-bond donors (Lipinski definition) is 2. The Bertz CT molecular complexity index is 636. The van der Waals surface area contributed by atoms with Crippen LogP contribution in [-0.4, -0.2) is 30.2 Å². The number of nitrogen functional groups attached to an aromatic ring is 1. The minimum atomic E-state index is -3.74. The van der Waals surface area contributed by atoms with Gasteiger partial charge < -0.3 is 5.73 Å². The van der Waals surface area contributed by atoms with Crippen molar-refractivity contribution in [1.82, 2.24) is 4.72 Å². The van der Waals surface area contributed by atoms with E-state index >= 15 is 0 Å². The maximum absolute atomic E-state index is 13.3. The van der Waals surface area contributed by atoms with Gasteiger partial charge in [-0.15, -0.1) is 0 Å². The Morgan fingerprint density at radius 3 is 2.55 bits per heavy atom. The van der Waals surface area contributed by atoms with E-state index in [4.69, 9.17) is 5.73 Å². The lowest BCUT2D eigenvalue weighted by Gasteiger charge is -2.23. The maximum atomic E-state index is 13.3. The molecule has 0 aromatic heterocycles. The summed E-state index contributed by atoms with van der Waals surface area (Å²) in [5.41, 5.74) is 5.55. The van der Waals surface area contributed by atoms with Crippen LogP contribution in [0.3, 0.4) is 0 Å². The number of sulfonamides is 1. The van der Waals surface area contributed by atoms with Gasteiger partial charge in [0.2, 0.25) is 10.0 Å². The first-order valence-corrected chi connectivity index (χ1v) is 9.19. The quantitative estimate of drug-likeness (QED) is 0.810. The molecule has 0 radical (unpaired) electrons. The fourth-order valence-electron chi connectivity index (χ4n) is 2.15. The lowest BCUT2D eigenvalue weighted by molar-refractivity contribution is 0.521. The predicted octanol–water partition coefficient (Wildman–Crippen LogP) is 0.906. The third kappa shape index (κ3) is 3.36. The number of anilines is 1. The van der Waals surface area contributed by atoms with Gasteiger partial charge in [0.25, 0.3) is 0 Å². The first kappa shape index (κ1) is 15.4. The van der Waals surface area contributed by atoms with Crippen LogP contribution in [0.5, 0.6) is 0 Å². The zero-order valence-electron chi connectivity index (χ0n) is 11.1. The molecule has 1 aliphatic heterocycles. The van der Waals surface area contributed by atoms with Gasteiger partial charge in [0.1, 0.15) is 5.82 Å². The monoisotopic (exact) mass is 320 g/mol. The lowest BCUT2D eigenvalue weighted by atomic mass is 10.2. The van der Waals surface area contributed by atoms with Gasteiger partial charge in [-0.3, -0.25) is 4.21 Å². The highest BCUT2D eigenvalue weighted by Gasteiger charge is 2.25. The molecule has 0 saturated carbocycles. The standard InChI is InChI=1S/C12H17FN2O3S2/c1-8-6-10(13)11(14)7-12(8)20(17,18)15-9-2-4-19(16)5-3-9/h6-7,9,15H,2-5,14H2,1H3. The normalized spacial score (nSPS) is 23.7. The third-order valence-electron chi connectivity index (χ3n) is 3.29. The predicted molar refractivity (Wildman–Crippen MR) is 76.8 cm³/mol. The fourth-order valence-corrected chi connectivity index (χ4v) is 5.02. The van der Waals surface area contributed by atoms with Crippen LogP contribution in [0.2, 0.25) is 0 Å². The van der Waals surface area contributed by atoms with Crippen molar-refractivity contribution in [3.63, 3.8) is 0 Å². The molecule has 1 fully saturated rings. The molecule has 2 rings (SSSR count). The number of nitrogens with two attached hydrogens (primary N) is 1. The molecule has 112 valence electrons. The third-order valence-corrected chi connectivity index (χ3v) is 6.34. The maximum Gasteiger partial charge on any atom is 0.241 e. The van der Waals surface area contributed by atoms with E-state index in [0.717, 1.165) is 12.1 Å². The Morgan fingerprint density at radius 1 is 1.35 bits per heavy atom. The molecule has 1 saturated heterocycles. The van der Waals surface area contributed by atoms with Crippen LogP contribution in [0.15, 0.2) is 17.0 Å². The molecule has 1 aromatic carbocycles. The highest BCUT2D eigenvalue weighted by Crippen LogP contribution is 2.22. The zero-order valence-corrected chi connectivity index (χ0v) is 12.7. The summed E-state index contributed by atoms with van der Waals surface area (Å²) < 4.78 is 51.7. The van der Waals surface area contributed by atoms with Crippen molar-refractivity contribution >= 4 is 26.5 Å². The topological polar surface area (TPSA) is 89.3 Å². The highest BCUT2D eigenvalue weighted by atomic mass is 32.2. The number of halogens is 1. The Labute approximate surface area is 120 Å². The molecule has 1 aromatic rings. The van der Waals surface area contributed by atoms with Crippen molar-refractivity contribution in [2.75, 3.05) is 17.2 Å². The van der Waals surface area contributed by atoms with Gasteiger partial charge in [-0.05, 0) is 37.5 Å². The minimum absolute atomic E-state index is 0.0110. The van der Waals surface area contributed by atoms with Gasteiger partial charge in [0.05, 0.1) is 10.6 Å². The summed E-state index contributed by atoms with van der Waals surface area (Å²) >= 11 is 0. The molecule has 8 heteroatoms. The number of rotatable bonds is 3. The summed E-state index contributed by atoms with van der Waals surface area (Å²) in [5.74, 6) is 0.365. The Morgan fingerprint density at radius 2 is 1.95 bits per heavy atom. The molecule has 20 heavy (non-hydrogen) atoms. The van der Waals surface area contributed by atoms with Gasteiger partial charge in [-0.25, -0.2) is 17.5 Å². The molecular weight excluding hydrogens is 303 g/mol. The summed E-state index contributed by atoms with van der Waals surface area (Å²) in [4.78, 5) is -0.0110. The molecule has 0 unspecified atom stereocenters. The summed E-state index contributed by atoms with van der Waals surface area (Å²) in [5, 5.41) is 0. The summed E-state index contributed by atoms with van der Waals surface area (Å²) in [6.07, 6.45) is 1.09. The van der Waals surface area contributed by atoms with Gasteiger partial charge in [0.15, 0.2) is 0 Å². The number of hydrogen-bond acceptors (Lipinski definition) is 4. The van der Waals surface area contributed by atoms with Crippen LogP contribution < -0.4 is 10.5 Å². The first-order valence-electron chi connectivity index (χ1n) is 6.22. The van der Waals surface area contributed by atoms with E-state index in [1.165, 1.54) is 6.92 Å². The largest absolute Gasteiger partial charge is 0.396 e. The van der Waals surface area contributed by atoms with Crippen molar-refractivity contribution in [2.24, 2.45) is 0 Å². The highest BCUT2D eigenvalue weighted by molar-refractivity contribution is 7.89. The van der Waals surface area contributed by atoms with Crippen molar-refractivity contribution in [1.29, 1.82) is 0 Å². The first-order chi connectivity index (χ1) is 9.29. The van der Waals surface area contributed by atoms with E-state index in [1.807, 2.05) is 0 Å². The molecule has 1 aliphatic rings. The number of nitrogens with one attached hydrogen (secondary N) is 1. The molecule has 0 atom stereocenters. The van der Waals surface area contributed by atoms with Crippen LogP contribution >= 0.6 is 0 Å². The van der Waals surface area contributed by atoms with E-state index in [-0.39, 0.29) is 16.6 Å². The van der Waals surface area contributed by atoms with Crippen LogP contribution in [0.4, 0.5) is 10.1 Å². The second-order valence-corrected chi connectivity index (χ2v) is 8.26. The van der Waals surface area contributed by atoms with Gasteiger partial charge >= 0.3 is 0 Å². The average Bonchev–Trinajstić information content (AvgIpc) is 2.36. The van der Waals surface area contributed by atoms with E-state index in [2.05, 4.69) is 4.72 Å². The fraction of sp³-hybridized carbons (Fsp3) is 0.500. The van der Waals surface area contributed by atoms with Crippen molar-refractivity contribution in [2.45, 2.75) is 30.7 Å². The second kappa shape index (κ2) is 5.79. The Hall–Kier alpha value is -0.990. The molecule has 0 bridgehead atoms. The summed E-state index contributed by atoms with van der Waals surface area (Å²) in [7, 11) is -4.59. The molecule has 0 aliphatic carbocycles. The van der Waals surface area contributed by atoms with E-state index in [0.29, 0.717) is 29.9 Å². The molecule has 0 amide bonds. The molecule has 3 N–H and O–H groups in total.